The highest BCUT2D eigenvalue weighted by atomic mass is 32.2. The number of ketones is 2. The van der Waals surface area contributed by atoms with Gasteiger partial charge < -0.3 is 14.6 Å². The first-order chi connectivity index (χ1) is 13.8. The molecular formula is C18H18F6O5S. The van der Waals surface area contributed by atoms with Crippen LogP contribution in [0, 0.1) is 17.8 Å². The molecule has 0 aromatic heterocycles. The van der Waals surface area contributed by atoms with Gasteiger partial charge in [0.15, 0.2) is 23.1 Å². The SMILES string of the molecule is COc1cc(C(=O)C2C[C@H](C(F)(F)F)C[C@@H]2C(=O)CO)cc(SC(F)(F)F)c1OC. The van der Waals surface area contributed by atoms with Crippen molar-refractivity contribution in [2.75, 3.05) is 20.8 Å². The van der Waals surface area contributed by atoms with Crippen molar-refractivity contribution < 1.29 is 50.5 Å². The zero-order chi connectivity index (χ0) is 22.9. The van der Waals surface area contributed by atoms with Crippen LogP contribution in [0.15, 0.2) is 17.0 Å². The van der Waals surface area contributed by atoms with E-state index in [9.17, 15) is 35.9 Å². The molecule has 0 heterocycles. The van der Waals surface area contributed by atoms with Crippen molar-refractivity contribution >= 4 is 23.3 Å². The van der Waals surface area contributed by atoms with Crippen LogP contribution in [0.25, 0.3) is 0 Å². The minimum absolute atomic E-state index is 0.217. The van der Waals surface area contributed by atoms with E-state index in [2.05, 4.69) is 0 Å². The average Bonchev–Trinajstić information content (AvgIpc) is 3.10. The first kappa shape index (κ1) is 24.3. The molecule has 0 bridgehead atoms. The van der Waals surface area contributed by atoms with Gasteiger partial charge in [-0.1, -0.05) is 0 Å². The maximum atomic E-state index is 13.2. The van der Waals surface area contributed by atoms with Crippen LogP contribution in [0.2, 0.25) is 0 Å². The Labute approximate surface area is 171 Å². The van der Waals surface area contributed by atoms with E-state index < -0.39 is 77.1 Å². The number of methoxy groups -OCH3 is 2. The number of alkyl halides is 6. The number of aliphatic hydroxyl groups excluding tert-OH is 1. The van der Waals surface area contributed by atoms with Crippen LogP contribution in [0.4, 0.5) is 26.3 Å². The van der Waals surface area contributed by atoms with Crippen molar-refractivity contribution in [3.63, 3.8) is 0 Å². The lowest BCUT2D eigenvalue weighted by atomic mass is 9.86. The van der Waals surface area contributed by atoms with E-state index >= 15 is 0 Å². The molecule has 2 rings (SSSR count). The minimum Gasteiger partial charge on any atom is -0.493 e. The third kappa shape index (κ3) is 5.39. The molecule has 30 heavy (non-hydrogen) atoms. The van der Waals surface area contributed by atoms with E-state index in [1.54, 1.807) is 0 Å². The zero-order valence-electron chi connectivity index (χ0n) is 15.8. The van der Waals surface area contributed by atoms with Crippen LogP contribution >= 0.6 is 11.8 Å². The van der Waals surface area contributed by atoms with Gasteiger partial charge in [-0.3, -0.25) is 9.59 Å². The van der Waals surface area contributed by atoms with E-state index in [4.69, 9.17) is 14.6 Å². The first-order valence-electron chi connectivity index (χ1n) is 8.58. The van der Waals surface area contributed by atoms with Gasteiger partial charge in [-0.05, 0) is 36.7 Å². The Morgan fingerprint density at radius 2 is 1.67 bits per heavy atom. The van der Waals surface area contributed by atoms with Gasteiger partial charge in [0.1, 0.15) is 6.61 Å². The van der Waals surface area contributed by atoms with Crippen molar-refractivity contribution in [3.8, 4) is 11.5 Å². The molecule has 12 heteroatoms. The lowest BCUT2D eigenvalue weighted by Gasteiger charge is -2.19. The number of halogens is 6. The number of carbonyl (C=O) groups excluding carboxylic acids is 2. The van der Waals surface area contributed by atoms with Gasteiger partial charge in [-0.2, -0.15) is 26.3 Å². The van der Waals surface area contributed by atoms with Crippen molar-refractivity contribution in [2.24, 2.45) is 17.8 Å². The average molecular weight is 460 g/mol. The summed E-state index contributed by atoms with van der Waals surface area (Å²) in [6, 6.07) is 1.91. The summed E-state index contributed by atoms with van der Waals surface area (Å²) < 4.78 is 88.1. The Morgan fingerprint density at radius 3 is 2.13 bits per heavy atom. The van der Waals surface area contributed by atoms with Crippen LogP contribution in [0.5, 0.6) is 11.5 Å². The van der Waals surface area contributed by atoms with Crippen molar-refractivity contribution in [3.05, 3.63) is 17.7 Å². The summed E-state index contributed by atoms with van der Waals surface area (Å²) in [7, 11) is 2.22. The highest BCUT2D eigenvalue weighted by molar-refractivity contribution is 8.00. The molecule has 0 amide bonds. The molecule has 0 spiro atoms. The van der Waals surface area contributed by atoms with Gasteiger partial charge in [0, 0.05) is 17.4 Å². The van der Waals surface area contributed by atoms with Crippen molar-refractivity contribution in [2.45, 2.75) is 29.4 Å². The summed E-state index contributed by atoms with van der Waals surface area (Å²) in [6.45, 7) is -1.04. The van der Waals surface area contributed by atoms with Crippen LogP contribution in [-0.4, -0.2) is 49.2 Å². The number of ether oxygens (including phenoxy) is 2. The minimum atomic E-state index is -4.73. The lowest BCUT2D eigenvalue weighted by molar-refractivity contribution is -0.173. The summed E-state index contributed by atoms with van der Waals surface area (Å²) in [6.07, 6.45) is -6.02. The largest absolute Gasteiger partial charge is 0.493 e. The topological polar surface area (TPSA) is 72.8 Å². The van der Waals surface area contributed by atoms with E-state index in [1.165, 1.54) is 0 Å². The molecule has 1 N–H and O–H groups in total. The van der Waals surface area contributed by atoms with Gasteiger partial charge in [0.2, 0.25) is 0 Å². The first-order valence-corrected chi connectivity index (χ1v) is 9.40. The molecule has 1 aliphatic carbocycles. The van der Waals surface area contributed by atoms with Gasteiger partial charge in [-0.25, -0.2) is 0 Å². The Morgan fingerprint density at radius 1 is 1.07 bits per heavy atom. The summed E-state index contributed by atoms with van der Waals surface area (Å²) in [5.74, 6) is -7.12. The van der Waals surface area contributed by atoms with Gasteiger partial charge in [0.05, 0.1) is 25.0 Å². The molecule has 1 aromatic rings. The summed E-state index contributed by atoms with van der Waals surface area (Å²) >= 11 is -0.572. The quantitative estimate of drug-likeness (QED) is 0.372. The number of aliphatic hydroxyl groups is 1. The summed E-state index contributed by atoms with van der Waals surface area (Å²) in [5.41, 5.74) is -5.08. The van der Waals surface area contributed by atoms with E-state index in [0.717, 1.165) is 26.4 Å². The third-order valence-corrected chi connectivity index (χ3v) is 5.64. The molecule has 1 saturated carbocycles. The zero-order valence-corrected chi connectivity index (χ0v) is 16.6. The molecule has 5 nitrogen and oxygen atoms in total. The number of Topliss-reactive ketones (excluding diaryl/α,β-unsaturated/α-hetero) is 2. The molecule has 1 unspecified atom stereocenters. The van der Waals surface area contributed by atoms with Crippen molar-refractivity contribution in [1.82, 2.24) is 0 Å². The lowest BCUT2D eigenvalue weighted by Crippen LogP contribution is -2.27. The van der Waals surface area contributed by atoms with E-state index in [-0.39, 0.29) is 17.1 Å². The fourth-order valence-electron chi connectivity index (χ4n) is 3.55. The maximum Gasteiger partial charge on any atom is 0.446 e. The predicted molar refractivity (Wildman–Crippen MR) is 93.6 cm³/mol. The Balaban J connectivity index is 2.49. The number of rotatable bonds is 7. The third-order valence-electron chi connectivity index (χ3n) is 4.89. The smallest absolute Gasteiger partial charge is 0.446 e. The van der Waals surface area contributed by atoms with E-state index in [0.29, 0.717) is 0 Å². The normalized spacial score (nSPS) is 22.1. The summed E-state index contributed by atoms with van der Waals surface area (Å²) in [5, 5.41) is 9.07. The number of benzene rings is 1. The number of hydrogen-bond donors (Lipinski definition) is 1. The Bertz CT molecular complexity index is 807. The van der Waals surface area contributed by atoms with Crippen molar-refractivity contribution in [1.29, 1.82) is 0 Å². The number of carbonyl (C=O) groups is 2. The van der Waals surface area contributed by atoms with Gasteiger partial charge >= 0.3 is 11.7 Å². The molecule has 1 aromatic carbocycles. The molecule has 1 fully saturated rings. The molecule has 1 aliphatic rings. The number of thioether (sulfide) groups is 1. The fourth-order valence-corrected chi connectivity index (χ4v) is 4.27. The number of hydrogen-bond acceptors (Lipinski definition) is 6. The predicted octanol–water partition coefficient (Wildman–Crippen LogP) is 4.26. The molecule has 0 saturated heterocycles. The molecule has 0 aliphatic heterocycles. The van der Waals surface area contributed by atoms with Gasteiger partial charge in [0.25, 0.3) is 0 Å². The second kappa shape index (κ2) is 9.04. The molecule has 3 atom stereocenters. The standard InChI is InChI=1S/C18H18F6O5S/c1-28-13-3-8(4-14(16(13)29-2)30-18(22,23)24)15(27)11-6-9(17(19,20)21)5-10(11)12(26)7-25/h3-4,9-11,25H,5-7H2,1-2H3/t9-,10+,11?/m1/s1. The fraction of sp³-hybridized carbons (Fsp3) is 0.556. The second-order valence-corrected chi connectivity index (χ2v) is 7.78. The van der Waals surface area contributed by atoms with Crippen LogP contribution in [-0.2, 0) is 4.79 Å². The highest BCUT2D eigenvalue weighted by Crippen LogP contribution is 2.49. The molecule has 168 valence electrons. The van der Waals surface area contributed by atoms with Crippen LogP contribution < -0.4 is 9.47 Å². The highest BCUT2D eigenvalue weighted by Gasteiger charge is 2.52. The maximum absolute atomic E-state index is 13.2. The van der Waals surface area contributed by atoms with Crippen LogP contribution in [0.1, 0.15) is 23.2 Å². The second-order valence-electron chi connectivity index (χ2n) is 6.67. The Kier molecular flexibility index (Phi) is 7.33. The summed E-state index contributed by atoms with van der Waals surface area (Å²) in [4.78, 5) is 24.4. The van der Waals surface area contributed by atoms with Gasteiger partial charge in [-0.15, -0.1) is 0 Å². The molecular weight excluding hydrogens is 442 g/mol. The Hall–Kier alpha value is -1.95. The monoisotopic (exact) mass is 460 g/mol. The van der Waals surface area contributed by atoms with Crippen LogP contribution in [0.3, 0.4) is 0 Å². The molecule has 0 radical (unpaired) electrons. The van der Waals surface area contributed by atoms with E-state index in [1.807, 2.05) is 0 Å².